The number of allylic oxidation sites excluding steroid dienone is 1. The minimum atomic E-state index is -0.208. The van der Waals surface area contributed by atoms with Crippen molar-refractivity contribution in [2.75, 3.05) is 13.1 Å². The Morgan fingerprint density at radius 3 is 2.40 bits per heavy atom. The van der Waals surface area contributed by atoms with E-state index in [1.807, 2.05) is 37.8 Å². The van der Waals surface area contributed by atoms with Gasteiger partial charge in [-0.1, -0.05) is 17.7 Å². The van der Waals surface area contributed by atoms with E-state index in [2.05, 4.69) is 24.0 Å². The normalized spacial score (nSPS) is 21.2. The Hall–Kier alpha value is -2.43. The summed E-state index contributed by atoms with van der Waals surface area (Å²) >= 11 is 0. The van der Waals surface area contributed by atoms with Crippen molar-refractivity contribution in [2.24, 2.45) is 4.99 Å². The molecule has 1 saturated carbocycles. The van der Waals surface area contributed by atoms with Crippen LogP contribution in [0.2, 0.25) is 0 Å². The molecule has 4 nitrogen and oxygen atoms in total. The summed E-state index contributed by atoms with van der Waals surface area (Å²) in [5.41, 5.74) is 3.81. The topological polar surface area (TPSA) is 44.7 Å². The molecule has 0 spiro atoms. The summed E-state index contributed by atoms with van der Waals surface area (Å²) in [5, 5.41) is 3.47. The molecule has 1 aromatic rings. The molecule has 1 aliphatic heterocycles. The third kappa shape index (κ3) is 5.18. The first-order chi connectivity index (χ1) is 14.2. The van der Waals surface area contributed by atoms with Crippen LogP contribution in [0.15, 0.2) is 51.8 Å². The summed E-state index contributed by atoms with van der Waals surface area (Å²) < 4.78 is 13.3. The number of carbonyl (C=O) groups excluding carboxylic acids is 1. The highest BCUT2D eigenvalue weighted by molar-refractivity contribution is 5.98. The molecule has 1 saturated heterocycles. The molecule has 1 unspecified atom stereocenters. The fourth-order valence-corrected chi connectivity index (χ4v) is 4.24. The highest BCUT2D eigenvalue weighted by atomic mass is 19.1. The van der Waals surface area contributed by atoms with Crippen molar-refractivity contribution in [3.63, 3.8) is 0 Å². The zero-order chi connectivity index (χ0) is 21.9. The van der Waals surface area contributed by atoms with Gasteiger partial charge < -0.3 is 10.2 Å². The van der Waals surface area contributed by atoms with Crippen molar-refractivity contribution in [3.05, 3.63) is 58.2 Å². The van der Waals surface area contributed by atoms with Crippen LogP contribution in [0.25, 0.3) is 0 Å². The Bertz CT molecular complexity index is 861. The molecule has 1 aliphatic carbocycles. The number of rotatable bonds is 6. The van der Waals surface area contributed by atoms with Gasteiger partial charge in [0.25, 0.3) is 5.91 Å². The van der Waals surface area contributed by atoms with Crippen LogP contribution in [-0.4, -0.2) is 36.2 Å². The van der Waals surface area contributed by atoms with Gasteiger partial charge in [0, 0.05) is 29.8 Å². The number of amides is 1. The largest absolute Gasteiger partial charge is 0.365 e. The van der Waals surface area contributed by atoms with Crippen LogP contribution in [0, 0.1) is 5.82 Å². The van der Waals surface area contributed by atoms with E-state index >= 15 is 0 Å². The average molecular weight is 412 g/mol. The number of aliphatic imine (C=N–C) groups is 1. The molecule has 162 valence electrons. The summed E-state index contributed by atoms with van der Waals surface area (Å²) in [7, 11) is 0. The minimum absolute atomic E-state index is 0.0659. The Kier molecular flexibility index (Phi) is 6.79. The summed E-state index contributed by atoms with van der Waals surface area (Å²) in [5.74, 6) is 0.923. The molecule has 3 rings (SSSR count). The van der Waals surface area contributed by atoms with E-state index in [4.69, 9.17) is 0 Å². The lowest BCUT2D eigenvalue weighted by Crippen LogP contribution is -2.35. The van der Waals surface area contributed by atoms with Gasteiger partial charge in [0.2, 0.25) is 0 Å². The quantitative estimate of drug-likeness (QED) is 0.390. The number of hydrogen-bond acceptors (Lipinski definition) is 3. The average Bonchev–Trinajstić information content (AvgIpc) is 3.48. The number of benzene rings is 1. The van der Waals surface area contributed by atoms with Crippen LogP contribution < -0.4 is 5.32 Å². The maximum Gasteiger partial charge on any atom is 0.254 e. The first-order valence-corrected chi connectivity index (χ1v) is 10.9. The van der Waals surface area contributed by atoms with Crippen molar-refractivity contribution in [2.45, 2.75) is 71.3 Å². The van der Waals surface area contributed by atoms with E-state index in [1.54, 1.807) is 0 Å². The minimum Gasteiger partial charge on any atom is -0.365 e. The van der Waals surface area contributed by atoms with Crippen molar-refractivity contribution in [1.82, 2.24) is 10.2 Å². The number of carbonyl (C=O) groups is 1. The van der Waals surface area contributed by atoms with Crippen LogP contribution in [0.5, 0.6) is 0 Å². The van der Waals surface area contributed by atoms with E-state index in [0.29, 0.717) is 18.3 Å². The van der Waals surface area contributed by atoms with E-state index in [-0.39, 0.29) is 17.3 Å². The molecule has 2 fully saturated rings. The maximum absolute atomic E-state index is 13.5. The molecule has 0 bridgehead atoms. The standard InChI is InChI=1S/C25H34FN3O/c1-17(2)22(18(3)23(27-5)28-25(4)13-14-25)24(30)29-15-6-7-19(12-16-29)20-8-10-21(26)11-9-20/h8-11,19,28H,5-7,12-16H2,1-4H3/b23-18-. The van der Waals surface area contributed by atoms with Gasteiger partial charge in [0.05, 0.1) is 0 Å². The molecule has 1 heterocycles. The van der Waals surface area contributed by atoms with E-state index < -0.39 is 0 Å². The van der Waals surface area contributed by atoms with Crippen LogP contribution in [0.3, 0.4) is 0 Å². The molecule has 1 aromatic carbocycles. The van der Waals surface area contributed by atoms with Gasteiger partial charge in [-0.2, -0.15) is 0 Å². The van der Waals surface area contributed by atoms with Crippen LogP contribution in [-0.2, 0) is 4.79 Å². The lowest BCUT2D eigenvalue weighted by Gasteiger charge is -2.25. The van der Waals surface area contributed by atoms with Gasteiger partial charge in [0.15, 0.2) is 0 Å². The summed E-state index contributed by atoms with van der Waals surface area (Å²) in [6, 6.07) is 6.79. The maximum atomic E-state index is 13.5. The number of nitrogens with zero attached hydrogens (tertiary/aromatic N) is 2. The number of halogens is 1. The zero-order valence-electron chi connectivity index (χ0n) is 18.7. The van der Waals surface area contributed by atoms with E-state index in [0.717, 1.165) is 60.9 Å². The lowest BCUT2D eigenvalue weighted by molar-refractivity contribution is -0.126. The molecular weight excluding hydrogens is 377 g/mol. The Balaban J connectivity index is 1.76. The van der Waals surface area contributed by atoms with Crippen LogP contribution in [0.1, 0.15) is 71.3 Å². The van der Waals surface area contributed by atoms with Crippen molar-refractivity contribution >= 4 is 12.6 Å². The van der Waals surface area contributed by atoms with Gasteiger partial charge in [-0.15, -0.1) is 0 Å². The summed E-state index contributed by atoms with van der Waals surface area (Å²) in [4.78, 5) is 19.7. The molecule has 0 radical (unpaired) electrons. The Morgan fingerprint density at radius 2 is 1.83 bits per heavy atom. The molecule has 1 atom stereocenters. The van der Waals surface area contributed by atoms with Gasteiger partial charge in [-0.05, 0) is 90.1 Å². The van der Waals surface area contributed by atoms with Crippen molar-refractivity contribution in [3.8, 4) is 0 Å². The monoisotopic (exact) mass is 411 g/mol. The molecular formula is C25H34FN3O. The van der Waals surface area contributed by atoms with Gasteiger partial charge >= 0.3 is 0 Å². The van der Waals surface area contributed by atoms with Crippen molar-refractivity contribution in [1.29, 1.82) is 0 Å². The highest BCUT2D eigenvalue weighted by Crippen LogP contribution is 2.36. The first kappa shape index (κ1) is 22.3. The van der Waals surface area contributed by atoms with Crippen LogP contribution in [0.4, 0.5) is 4.39 Å². The Morgan fingerprint density at radius 1 is 1.17 bits per heavy atom. The molecule has 2 aliphatic rings. The molecule has 30 heavy (non-hydrogen) atoms. The summed E-state index contributed by atoms with van der Waals surface area (Å²) in [6.45, 7) is 13.3. The number of nitrogens with one attached hydrogen (secondary N) is 1. The highest BCUT2D eigenvalue weighted by Gasteiger charge is 2.38. The molecule has 1 amide bonds. The zero-order valence-corrected chi connectivity index (χ0v) is 18.7. The predicted octanol–water partition coefficient (Wildman–Crippen LogP) is 5.33. The third-order valence-corrected chi connectivity index (χ3v) is 6.38. The third-order valence-electron chi connectivity index (χ3n) is 6.38. The lowest BCUT2D eigenvalue weighted by atomic mass is 9.92. The van der Waals surface area contributed by atoms with Crippen LogP contribution >= 0.6 is 0 Å². The second-order valence-electron chi connectivity index (χ2n) is 9.16. The van der Waals surface area contributed by atoms with E-state index in [1.165, 1.54) is 12.1 Å². The predicted molar refractivity (Wildman–Crippen MR) is 121 cm³/mol. The summed E-state index contributed by atoms with van der Waals surface area (Å²) in [6.07, 6.45) is 5.05. The first-order valence-electron chi connectivity index (χ1n) is 10.9. The fraction of sp³-hybridized carbons (Fsp3) is 0.520. The van der Waals surface area contributed by atoms with Crippen molar-refractivity contribution < 1.29 is 9.18 Å². The second kappa shape index (κ2) is 9.15. The number of hydrogen-bond donors (Lipinski definition) is 1. The number of likely N-dealkylation sites (tertiary alicyclic amines) is 1. The molecule has 0 aromatic heterocycles. The second-order valence-corrected chi connectivity index (χ2v) is 9.16. The Labute approximate surface area is 180 Å². The smallest absolute Gasteiger partial charge is 0.254 e. The molecule has 1 N–H and O–H groups in total. The van der Waals surface area contributed by atoms with Gasteiger partial charge in [-0.3, -0.25) is 4.79 Å². The van der Waals surface area contributed by atoms with Gasteiger partial charge in [0.1, 0.15) is 11.6 Å². The van der Waals surface area contributed by atoms with E-state index in [9.17, 15) is 9.18 Å². The SMILES string of the molecule is C=N/C(NC1(C)CC1)=C(\C)C(C(=O)N1CCCC(c2ccc(F)cc2)CC1)=C(C)C. The fourth-order valence-electron chi connectivity index (χ4n) is 4.24. The molecule has 5 heteroatoms. The van der Waals surface area contributed by atoms with Gasteiger partial charge in [-0.25, -0.2) is 9.38 Å².